The third-order valence-electron chi connectivity index (χ3n) is 5.27. The van der Waals surface area contributed by atoms with Crippen LogP contribution in [0.1, 0.15) is 0 Å². The van der Waals surface area contributed by atoms with Gasteiger partial charge in [-0.2, -0.15) is 0 Å². The van der Waals surface area contributed by atoms with Gasteiger partial charge in [0.05, 0.1) is 7.11 Å². The van der Waals surface area contributed by atoms with Crippen molar-refractivity contribution in [3.05, 3.63) is 109 Å². The van der Waals surface area contributed by atoms with Gasteiger partial charge in [0.15, 0.2) is 5.76 Å². The van der Waals surface area contributed by atoms with Crippen LogP contribution in [-0.4, -0.2) is 12.1 Å². The van der Waals surface area contributed by atoms with Gasteiger partial charge >= 0.3 is 0 Å². The van der Waals surface area contributed by atoms with Gasteiger partial charge in [0.25, 0.3) is 0 Å². The molecule has 4 aromatic carbocycles. The number of aromatic nitrogens is 1. The largest absolute Gasteiger partial charge is 0.497 e. The Hall–Kier alpha value is -4.11. The van der Waals surface area contributed by atoms with E-state index < -0.39 is 0 Å². The van der Waals surface area contributed by atoms with Crippen LogP contribution < -0.4 is 4.74 Å². The fraction of sp³-hybridized carbons (Fsp3) is 0.0357. The van der Waals surface area contributed by atoms with Crippen LogP contribution in [0.5, 0.6) is 5.75 Å². The molecule has 0 atom stereocenters. The molecular formula is C28H21NO2. The molecule has 5 aromatic rings. The quantitative estimate of drug-likeness (QED) is 0.308. The molecule has 0 aliphatic carbocycles. The lowest BCUT2D eigenvalue weighted by Crippen LogP contribution is -1.87. The Bertz CT molecular complexity index is 1230. The van der Waals surface area contributed by atoms with E-state index in [1.54, 1.807) is 7.11 Å². The minimum Gasteiger partial charge on any atom is -0.497 e. The summed E-state index contributed by atoms with van der Waals surface area (Å²) in [5.74, 6) is 2.20. The molecule has 0 spiro atoms. The number of rotatable bonds is 5. The Labute approximate surface area is 181 Å². The van der Waals surface area contributed by atoms with E-state index in [4.69, 9.17) is 14.1 Å². The summed E-state index contributed by atoms with van der Waals surface area (Å²) in [5.41, 5.74) is 5.96. The second-order valence-electron chi connectivity index (χ2n) is 7.20. The number of hydrogen-bond donors (Lipinski definition) is 0. The zero-order valence-corrected chi connectivity index (χ0v) is 17.2. The van der Waals surface area contributed by atoms with E-state index in [0.717, 1.165) is 45.0 Å². The van der Waals surface area contributed by atoms with Gasteiger partial charge in [-0.05, 0) is 29.3 Å². The number of nitrogens with zero attached hydrogens (tertiary/aromatic N) is 1. The number of benzene rings is 4. The van der Waals surface area contributed by atoms with Gasteiger partial charge in [-0.25, -0.2) is 4.98 Å². The highest BCUT2D eigenvalue weighted by atomic mass is 16.5. The van der Waals surface area contributed by atoms with Gasteiger partial charge in [0.2, 0.25) is 5.89 Å². The molecule has 3 nitrogen and oxygen atoms in total. The molecule has 0 aliphatic rings. The zero-order valence-electron chi connectivity index (χ0n) is 17.2. The molecule has 0 radical (unpaired) electrons. The van der Waals surface area contributed by atoms with Gasteiger partial charge in [-0.15, -0.1) is 0 Å². The Kier molecular flexibility index (Phi) is 5.07. The number of ether oxygens (including phenoxy) is 1. The van der Waals surface area contributed by atoms with Crippen LogP contribution in [0.2, 0.25) is 0 Å². The predicted molar refractivity (Wildman–Crippen MR) is 125 cm³/mol. The molecule has 0 saturated carbocycles. The Morgan fingerprint density at radius 2 is 1.16 bits per heavy atom. The minimum absolute atomic E-state index is 0.601. The molecule has 0 saturated heterocycles. The predicted octanol–water partition coefficient (Wildman–Crippen LogP) is 7.35. The van der Waals surface area contributed by atoms with Crippen LogP contribution in [0.3, 0.4) is 0 Å². The highest BCUT2D eigenvalue weighted by Gasteiger charge is 2.19. The normalized spacial score (nSPS) is 10.7. The van der Waals surface area contributed by atoms with Crippen LogP contribution in [0.15, 0.2) is 114 Å². The number of hydrogen-bond acceptors (Lipinski definition) is 3. The van der Waals surface area contributed by atoms with Crippen molar-refractivity contribution in [3.63, 3.8) is 0 Å². The molecule has 0 aliphatic heterocycles. The van der Waals surface area contributed by atoms with Crippen molar-refractivity contribution in [1.29, 1.82) is 0 Å². The highest BCUT2D eigenvalue weighted by molar-refractivity contribution is 5.84. The molecule has 1 heterocycles. The maximum absolute atomic E-state index is 6.41. The zero-order chi connectivity index (χ0) is 21.0. The fourth-order valence-corrected chi connectivity index (χ4v) is 3.70. The third kappa shape index (κ3) is 3.74. The van der Waals surface area contributed by atoms with Crippen molar-refractivity contribution in [3.8, 4) is 50.9 Å². The van der Waals surface area contributed by atoms with Gasteiger partial charge in [0, 0.05) is 16.7 Å². The van der Waals surface area contributed by atoms with Gasteiger partial charge in [0.1, 0.15) is 11.4 Å². The molecule has 5 rings (SSSR count). The lowest BCUT2D eigenvalue weighted by atomic mass is 9.99. The summed E-state index contributed by atoms with van der Waals surface area (Å²) in [7, 11) is 1.67. The smallest absolute Gasteiger partial charge is 0.227 e. The van der Waals surface area contributed by atoms with E-state index in [0.29, 0.717) is 5.89 Å². The summed E-state index contributed by atoms with van der Waals surface area (Å²) in [5, 5.41) is 0. The van der Waals surface area contributed by atoms with Crippen LogP contribution in [0.25, 0.3) is 45.2 Å². The lowest BCUT2D eigenvalue weighted by molar-refractivity contribution is 0.415. The van der Waals surface area contributed by atoms with E-state index in [1.807, 2.05) is 72.8 Å². The number of oxazole rings is 1. The van der Waals surface area contributed by atoms with Crippen molar-refractivity contribution >= 4 is 0 Å². The van der Waals surface area contributed by atoms with E-state index >= 15 is 0 Å². The first-order valence-electron chi connectivity index (χ1n) is 10.2. The average Bonchev–Trinajstić information content (AvgIpc) is 3.31. The molecule has 150 valence electrons. The fourth-order valence-electron chi connectivity index (χ4n) is 3.70. The van der Waals surface area contributed by atoms with Crippen molar-refractivity contribution < 1.29 is 9.15 Å². The summed E-state index contributed by atoms with van der Waals surface area (Å²) in [6.07, 6.45) is 0. The minimum atomic E-state index is 0.601. The van der Waals surface area contributed by atoms with Gasteiger partial charge in [-0.3, -0.25) is 0 Å². The van der Waals surface area contributed by atoms with E-state index in [-0.39, 0.29) is 0 Å². The molecule has 0 unspecified atom stereocenters. The van der Waals surface area contributed by atoms with Gasteiger partial charge < -0.3 is 9.15 Å². The molecule has 0 bridgehead atoms. The average molecular weight is 403 g/mol. The number of methoxy groups -OCH3 is 1. The first-order chi connectivity index (χ1) is 15.3. The SMILES string of the molecule is COc1ccc(-c2ccccc2-c2nc(-c3ccccc3)c(-c3ccccc3)o2)cc1. The molecule has 31 heavy (non-hydrogen) atoms. The molecule has 0 fully saturated rings. The molecular weight excluding hydrogens is 382 g/mol. The second-order valence-corrected chi connectivity index (χ2v) is 7.20. The van der Waals surface area contributed by atoms with Crippen molar-refractivity contribution in [2.24, 2.45) is 0 Å². The Morgan fingerprint density at radius 3 is 1.81 bits per heavy atom. The lowest BCUT2D eigenvalue weighted by Gasteiger charge is -2.08. The summed E-state index contributed by atoms with van der Waals surface area (Å²) in [6.45, 7) is 0. The Balaban J connectivity index is 1.68. The molecule has 3 heteroatoms. The topological polar surface area (TPSA) is 35.3 Å². The monoisotopic (exact) mass is 403 g/mol. The van der Waals surface area contributed by atoms with Gasteiger partial charge in [-0.1, -0.05) is 91.0 Å². The standard InChI is InChI=1S/C28H21NO2/c1-30-23-18-16-20(17-19-23)24-14-8-9-15-25(24)28-29-26(21-10-4-2-5-11-21)27(31-28)22-12-6-3-7-13-22/h2-19H,1H3. The maximum Gasteiger partial charge on any atom is 0.227 e. The summed E-state index contributed by atoms with van der Waals surface area (Å²) >= 11 is 0. The summed E-state index contributed by atoms with van der Waals surface area (Å²) in [6, 6.07) is 36.5. The first-order valence-corrected chi connectivity index (χ1v) is 10.2. The van der Waals surface area contributed by atoms with Crippen molar-refractivity contribution in [1.82, 2.24) is 4.98 Å². The highest BCUT2D eigenvalue weighted by Crippen LogP contribution is 2.39. The van der Waals surface area contributed by atoms with E-state index in [9.17, 15) is 0 Å². The van der Waals surface area contributed by atoms with Crippen LogP contribution >= 0.6 is 0 Å². The second kappa shape index (κ2) is 8.33. The summed E-state index contributed by atoms with van der Waals surface area (Å²) < 4.78 is 11.7. The molecule has 0 N–H and O–H groups in total. The van der Waals surface area contributed by atoms with Crippen LogP contribution in [-0.2, 0) is 0 Å². The van der Waals surface area contributed by atoms with Crippen molar-refractivity contribution in [2.75, 3.05) is 7.11 Å². The molecule has 1 aromatic heterocycles. The molecule has 0 amide bonds. The Morgan fingerprint density at radius 1 is 0.581 bits per heavy atom. The first kappa shape index (κ1) is 18.9. The van der Waals surface area contributed by atoms with Crippen LogP contribution in [0.4, 0.5) is 0 Å². The summed E-state index contributed by atoms with van der Waals surface area (Å²) in [4.78, 5) is 4.96. The third-order valence-corrected chi connectivity index (χ3v) is 5.27. The van der Waals surface area contributed by atoms with E-state index in [1.165, 1.54) is 0 Å². The van der Waals surface area contributed by atoms with Crippen LogP contribution in [0, 0.1) is 0 Å². The van der Waals surface area contributed by atoms with Crippen molar-refractivity contribution in [2.45, 2.75) is 0 Å². The maximum atomic E-state index is 6.41. The van der Waals surface area contributed by atoms with E-state index in [2.05, 4.69) is 36.4 Å².